The number of thioether (sulfide) groups is 1. The maximum atomic E-state index is 11.8. The molecule has 1 unspecified atom stereocenters. The van der Waals surface area contributed by atoms with Crippen molar-refractivity contribution < 1.29 is 5.11 Å². The SMILES string of the molecule is CC(SCCO)n1cnc2nc(N)[nH]c(=O)c21. The van der Waals surface area contributed by atoms with E-state index in [1.165, 1.54) is 11.8 Å². The summed E-state index contributed by atoms with van der Waals surface area (Å²) in [4.78, 5) is 22.2. The minimum atomic E-state index is -0.304. The zero-order chi connectivity index (χ0) is 12.4. The molecule has 0 aliphatic carbocycles. The second-order valence-corrected chi connectivity index (χ2v) is 4.89. The average molecular weight is 255 g/mol. The molecule has 0 amide bonds. The zero-order valence-electron chi connectivity index (χ0n) is 9.25. The second kappa shape index (κ2) is 4.76. The van der Waals surface area contributed by atoms with Gasteiger partial charge < -0.3 is 15.4 Å². The van der Waals surface area contributed by atoms with Crippen molar-refractivity contribution in [1.82, 2.24) is 19.5 Å². The number of nitrogens with two attached hydrogens (primary N) is 1. The van der Waals surface area contributed by atoms with Gasteiger partial charge in [0.25, 0.3) is 5.56 Å². The largest absolute Gasteiger partial charge is 0.396 e. The molecule has 1 atom stereocenters. The molecule has 2 aromatic rings. The molecule has 2 heterocycles. The summed E-state index contributed by atoms with van der Waals surface area (Å²) in [7, 11) is 0. The monoisotopic (exact) mass is 255 g/mol. The number of hydrogen-bond acceptors (Lipinski definition) is 6. The first-order valence-electron chi connectivity index (χ1n) is 5.08. The van der Waals surface area contributed by atoms with E-state index in [1.54, 1.807) is 10.9 Å². The number of hydrogen-bond donors (Lipinski definition) is 3. The van der Waals surface area contributed by atoms with E-state index >= 15 is 0 Å². The topological polar surface area (TPSA) is 110 Å². The fourth-order valence-corrected chi connectivity index (χ4v) is 2.32. The standard InChI is InChI=1S/C9H13N5O2S/c1-5(17-3-2-15)14-4-11-7-6(14)8(16)13-9(10)12-7/h4-5,15H,2-3H2,1H3,(H3,10,12,13,16). The lowest BCUT2D eigenvalue weighted by molar-refractivity contribution is 0.322. The van der Waals surface area contributed by atoms with Crippen LogP contribution < -0.4 is 11.3 Å². The molecule has 4 N–H and O–H groups in total. The van der Waals surface area contributed by atoms with Gasteiger partial charge in [-0.3, -0.25) is 9.78 Å². The summed E-state index contributed by atoms with van der Waals surface area (Å²) in [6.07, 6.45) is 1.56. The van der Waals surface area contributed by atoms with Crippen LogP contribution in [0.1, 0.15) is 12.3 Å². The summed E-state index contributed by atoms with van der Waals surface area (Å²) in [6.45, 7) is 2.03. The summed E-state index contributed by atoms with van der Waals surface area (Å²) in [6, 6.07) is 0. The smallest absolute Gasteiger partial charge is 0.278 e. The summed E-state index contributed by atoms with van der Waals surface area (Å²) in [5.41, 5.74) is 5.87. The van der Waals surface area contributed by atoms with Gasteiger partial charge in [0.1, 0.15) is 0 Å². The molecule has 2 aromatic heterocycles. The van der Waals surface area contributed by atoms with E-state index < -0.39 is 0 Å². The van der Waals surface area contributed by atoms with Crippen LogP contribution in [0.5, 0.6) is 0 Å². The zero-order valence-corrected chi connectivity index (χ0v) is 10.1. The molecule has 0 bridgehead atoms. The van der Waals surface area contributed by atoms with Crippen molar-refractivity contribution in [1.29, 1.82) is 0 Å². The van der Waals surface area contributed by atoms with Crippen LogP contribution in [0.15, 0.2) is 11.1 Å². The second-order valence-electron chi connectivity index (χ2n) is 3.47. The Morgan fingerprint density at radius 2 is 2.47 bits per heavy atom. The van der Waals surface area contributed by atoms with E-state index in [2.05, 4.69) is 15.0 Å². The van der Waals surface area contributed by atoms with Crippen LogP contribution in [0.2, 0.25) is 0 Å². The highest BCUT2D eigenvalue weighted by Crippen LogP contribution is 2.23. The molecule has 7 nitrogen and oxygen atoms in total. The van der Waals surface area contributed by atoms with Gasteiger partial charge in [-0.25, -0.2) is 4.98 Å². The minimum Gasteiger partial charge on any atom is -0.396 e. The van der Waals surface area contributed by atoms with Crippen LogP contribution in [0.3, 0.4) is 0 Å². The number of imidazole rings is 1. The predicted octanol–water partition coefficient (Wildman–Crippen LogP) is -0.0542. The molecule has 0 spiro atoms. The summed E-state index contributed by atoms with van der Waals surface area (Å²) < 4.78 is 1.72. The van der Waals surface area contributed by atoms with Crippen LogP contribution in [-0.4, -0.2) is 37.0 Å². The Morgan fingerprint density at radius 3 is 3.18 bits per heavy atom. The quantitative estimate of drug-likeness (QED) is 0.706. The molecule has 0 fully saturated rings. The van der Waals surface area contributed by atoms with Crippen molar-refractivity contribution in [3.05, 3.63) is 16.7 Å². The Labute approximate surface area is 101 Å². The highest BCUT2D eigenvalue weighted by atomic mass is 32.2. The maximum absolute atomic E-state index is 11.8. The molecular formula is C9H13N5O2S. The highest BCUT2D eigenvalue weighted by Gasteiger charge is 2.13. The Kier molecular flexibility index (Phi) is 3.34. The third-order valence-corrected chi connectivity index (χ3v) is 3.43. The van der Waals surface area contributed by atoms with Gasteiger partial charge in [-0.1, -0.05) is 0 Å². The number of anilines is 1. The van der Waals surface area contributed by atoms with E-state index in [0.29, 0.717) is 16.9 Å². The molecule has 0 aliphatic rings. The van der Waals surface area contributed by atoms with Gasteiger partial charge in [0.15, 0.2) is 11.2 Å². The molecule has 0 saturated carbocycles. The van der Waals surface area contributed by atoms with E-state index in [4.69, 9.17) is 10.8 Å². The van der Waals surface area contributed by atoms with Crippen molar-refractivity contribution in [2.45, 2.75) is 12.3 Å². The molecule has 0 radical (unpaired) electrons. The number of aliphatic hydroxyl groups excluding tert-OH is 1. The fraction of sp³-hybridized carbons (Fsp3) is 0.444. The lowest BCUT2D eigenvalue weighted by Crippen LogP contribution is -2.15. The number of aliphatic hydroxyl groups is 1. The average Bonchev–Trinajstić information content (AvgIpc) is 2.69. The number of nitrogens with one attached hydrogen (secondary N) is 1. The van der Waals surface area contributed by atoms with E-state index in [1.807, 2.05) is 6.92 Å². The normalized spacial score (nSPS) is 13.1. The summed E-state index contributed by atoms with van der Waals surface area (Å²) in [5.74, 6) is 0.657. The first kappa shape index (κ1) is 11.9. The highest BCUT2D eigenvalue weighted by molar-refractivity contribution is 7.99. The number of nitrogen functional groups attached to an aromatic ring is 1. The summed E-state index contributed by atoms with van der Waals surface area (Å²) in [5, 5.41) is 8.77. The van der Waals surface area contributed by atoms with Gasteiger partial charge in [-0.05, 0) is 6.92 Å². The molecule has 0 aliphatic heterocycles. The van der Waals surface area contributed by atoms with Gasteiger partial charge in [0.05, 0.1) is 18.3 Å². The van der Waals surface area contributed by atoms with Crippen molar-refractivity contribution in [2.75, 3.05) is 18.1 Å². The van der Waals surface area contributed by atoms with Crippen LogP contribution in [-0.2, 0) is 0 Å². The van der Waals surface area contributed by atoms with Crippen LogP contribution in [0.4, 0.5) is 5.95 Å². The lowest BCUT2D eigenvalue weighted by Gasteiger charge is -2.12. The molecular weight excluding hydrogens is 242 g/mol. The van der Waals surface area contributed by atoms with Crippen LogP contribution in [0, 0.1) is 0 Å². The molecule has 0 saturated heterocycles. The van der Waals surface area contributed by atoms with Gasteiger partial charge in [-0.15, -0.1) is 11.8 Å². The first-order chi connectivity index (χ1) is 8.13. The van der Waals surface area contributed by atoms with Crippen LogP contribution in [0.25, 0.3) is 11.2 Å². The van der Waals surface area contributed by atoms with E-state index in [0.717, 1.165) is 0 Å². The van der Waals surface area contributed by atoms with E-state index in [9.17, 15) is 4.79 Å². The molecule has 2 rings (SSSR count). The number of aromatic amines is 1. The minimum absolute atomic E-state index is 0.00123. The number of fused-ring (bicyclic) bond motifs is 1. The number of nitrogens with zero attached hydrogens (tertiary/aromatic N) is 3. The van der Waals surface area contributed by atoms with Crippen molar-refractivity contribution in [3.63, 3.8) is 0 Å². The summed E-state index contributed by atoms with van der Waals surface area (Å²) >= 11 is 1.52. The fourth-order valence-electron chi connectivity index (χ4n) is 1.55. The number of rotatable bonds is 4. The van der Waals surface area contributed by atoms with Gasteiger partial charge >= 0.3 is 0 Å². The third kappa shape index (κ3) is 2.27. The number of H-pyrrole nitrogens is 1. The van der Waals surface area contributed by atoms with E-state index in [-0.39, 0.29) is 23.5 Å². The van der Waals surface area contributed by atoms with Gasteiger partial charge in [-0.2, -0.15) is 4.98 Å². The Bertz CT molecular complexity index is 578. The Balaban J connectivity index is 2.45. The Morgan fingerprint density at radius 1 is 1.71 bits per heavy atom. The van der Waals surface area contributed by atoms with Crippen molar-refractivity contribution in [2.24, 2.45) is 0 Å². The first-order valence-corrected chi connectivity index (χ1v) is 6.13. The Hall–Kier alpha value is -1.54. The molecule has 0 aromatic carbocycles. The van der Waals surface area contributed by atoms with Gasteiger partial charge in [0.2, 0.25) is 5.95 Å². The van der Waals surface area contributed by atoms with Crippen molar-refractivity contribution in [3.8, 4) is 0 Å². The molecule has 8 heteroatoms. The third-order valence-electron chi connectivity index (χ3n) is 2.30. The number of aromatic nitrogens is 4. The molecule has 92 valence electrons. The lowest BCUT2D eigenvalue weighted by atomic mass is 10.5. The van der Waals surface area contributed by atoms with Crippen LogP contribution >= 0.6 is 11.8 Å². The molecule has 17 heavy (non-hydrogen) atoms. The van der Waals surface area contributed by atoms with Crippen molar-refractivity contribution >= 4 is 28.9 Å². The predicted molar refractivity (Wildman–Crippen MR) is 66.8 cm³/mol. The maximum Gasteiger partial charge on any atom is 0.278 e. The van der Waals surface area contributed by atoms with Gasteiger partial charge in [0, 0.05) is 5.75 Å².